The third-order valence-electron chi connectivity index (χ3n) is 4.11. The van der Waals surface area contributed by atoms with Crippen LogP contribution in [-0.4, -0.2) is 79.7 Å². The lowest BCUT2D eigenvalue weighted by atomic mass is 10.1. The number of phosphoric acid groups is 1. The Kier molecular flexibility index (Phi) is 6.93. The number of nitrogens with two attached hydrogens (primary N) is 2. The highest BCUT2D eigenvalue weighted by molar-refractivity contribution is 7.73. The number of imidazole rings is 1. The lowest BCUT2D eigenvalue weighted by Gasteiger charge is -2.24. The molecular formula is C11H19N6O12P3. The number of fused-ring (bicyclic) bond motifs is 1. The van der Waals surface area contributed by atoms with Crippen LogP contribution in [0, 0.1) is 0 Å². The maximum atomic E-state index is 12.0. The minimum Gasteiger partial charge on any atom is -0.387 e. The van der Waals surface area contributed by atoms with Gasteiger partial charge in [-0.3, -0.25) is 18.2 Å². The molecule has 0 aliphatic carbocycles. The molecule has 21 heteroatoms. The van der Waals surface area contributed by atoms with Gasteiger partial charge in [0.25, 0.3) is 0 Å². The van der Waals surface area contributed by atoms with Crippen molar-refractivity contribution in [2.24, 2.45) is 5.73 Å². The van der Waals surface area contributed by atoms with Gasteiger partial charge in [-0.2, -0.15) is 0 Å². The number of nitrogen functional groups attached to an aromatic ring is 1. The molecule has 1 aliphatic rings. The fourth-order valence-electron chi connectivity index (χ4n) is 2.90. The van der Waals surface area contributed by atoms with E-state index in [4.69, 9.17) is 26.0 Å². The minimum atomic E-state index is -5.49. The van der Waals surface area contributed by atoms with Gasteiger partial charge in [0.2, 0.25) is 0 Å². The van der Waals surface area contributed by atoms with E-state index in [1.165, 1.54) is 10.9 Å². The van der Waals surface area contributed by atoms with Crippen molar-refractivity contribution >= 4 is 40.0 Å². The molecule has 0 radical (unpaired) electrons. The number of nitrogens with zero attached hydrogens (tertiary/aromatic N) is 4. The topological polar surface area (TPSA) is 296 Å². The van der Waals surface area contributed by atoms with Crippen LogP contribution in [0.25, 0.3) is 11.2 Å². The van der Waals surface area contributed by atoms with E-state index in [9.17, 15) is 33.7 Å². The van der Waals surface area contributed by atoms with Crippen LogP contribution < -0.4 is 11.5 Å². The summed E-state index contributed by atoms with van der Waals surface area (Å²) in [6.07, 6.45) is -6.20. The van der Waals surface area contributed by atoms with Gasteiger partial charge in [0, 0.05) is 0 Å². The zero-order valence-corrected chi connectivity index (χ0v) is 18.3. The number of hydrogen-bond donors (Lipinski definition) is 8. The van der Waals surface area contributed by atoms with E-state index in [1.54, 1.807) is 0 Å². The summed E-state index contributed by atoms with van der Waals surface area (Å²) in [5.41, 5.74) is 11.6. The predicted molar refractivity (Wildman–Crippen MR) is 102 cm³/mol. The molecule has 7 atom stereocenters. The fourth-order valence-corrected chi connectivity index (χ4v) is 7.30. The molecule has 0 saturated carbocycles. The van der Waals surface area contributed by atoms with Gasteiger partial charge in [-0.05, 0) is 0 Å². The van der Waals surface area contributed by atoms with Gasteiger partial charge < -0.3 is 46.0 Å². The van der Waals surface area contributed by atoms with Gasteiger partial charge >= 0.3 is 23.0 Å². The van der Waals surface area contributed by atoms with Crippen molar-refractivity contribution in [3.05, 3.63) is 12.7 Å². The molecule has 1 saturated heterocycles. The Bertz CT molecular complexity index is 1140. The Labute approximate surface area is 178 Å². The van der Waals surface area contributed by atoms with Crippen LogP contribution in [0.5, 0.6) is 0 Å². The van der Waals surface area contributed by atoms with Crippen molar-refractivity contribution in [3.8, 4) is 0 Å². The highest BCUT2D eigenvalue weighted by Crippen LogP contribution is 2.65. The summed E-state index contributed by atoms with van der Waals surface area (Å²) in [4.78, 5) is 48.2. The quantitative estimate of drug-likeness (QED) is 0.135. The first kappa shape index (κ1) is 25.3. The van der Waals surface area contributed by atoms with E-state index in [-0.39, 0.29) is 17.0 Å². The lowest BCUT2D eigenvalue weighted by molar-refractivity contribution is -0.0787. The summed E-state index contributed by atoms with van der Waals surface area (Å²) < 4.78 is 49.5. The number of ether oxygens (including phenoxy) is 1. The number of anilines is 1. The summed E-state index contributed by atoms with van der Waals surface area (Å²) in [6, 6.07) is 0. The number of phosphoric ester groups is 1. The van der Waals surface area contributed by atoms with Crippen molar-refractivity contribution < 1.29 is 57.1 Å². The number of hydrogen-bond acceptors (Lipinski definition) is 13. The van der Waals surface area contributed by atoms with Crippen molar-refractivity contribution in [1.82, 2.24) is 19.5 Å². The van der Waals surface area contributed by atoms with Crippen molar-refractivity contribution in [2.45, 2.75) is 30.8 Å². The summed E-state index contributed by atoms with van der Waals surface area (Å²) in [7, 11) is -15.9. The van der Waals surface area contributed by atoms with Crippen molar-refractivity contribution in [2.75, 3.05) is 11.6 Å². The van der Waals surface area contributed by atoms with E-state index in [0.29, 0.717) is 0 Å². The molecule has 2 unspecified atom stereocenters. The highest BCUT2D eigenvalue weighted by Gasteiger charge is 2.50. The number of aliphatic hydroxyl groups excluding tert-OH is 2. The molecule has 10 N–H and O–H groups in total. The third kappa shape index (κ3) is 5.58. The van der Waals surface area contributed by atoms with Crippen LogP contribution in [0.4, 0.5) is 5.82 Å². The van der Waals surface area contributed by atoms with Gasteiger partial charge in [-0.25, -0.2) is 23.8 Å². The SMILES string of the molecule is Nc1ncnc2c1ncn2[C@@H]1O[C@H]([C@H](N)OP(=O)(O)OP(=O)(O)CP(=O)(O)O)[C@@H](O)[C@H]1O. The molecule has 18 nitrogen and oxygen atoms in total. The molecule has 2 aromatic rings. The van der Waals surface area contributed by atoms with Crippen LogP contribution in [0.3, 0.4) is 0 Å². The molecule has 32 heavy (non-hydrogen) atoms. The van der Waals surface area contributed by atoms with Gasteiger partial charge in [-0.15, -0.1) is 0 Å². The van der Waals surface area contributed by atoms with E-state index in [1.807, 2.05) is 0 Å². The van der Waals surface area contributed by atoms with Crippen LogP contribution in [0.2, 0.25) is 0 Å². The minimum absolute atomic E-state index is 0.0282. The molecule has 1 aliphatic heterocycles. The van der Waals surface area contributed by atoms with Gasteiger partial charge in [0.15, 0.2) is 23.6 Å². The fraction of sp³-hybridized carbons (Fsp3) is 0.545. The number of rotatable bonds is 8. The summed E-state index contributed by atoms with van der Waals surface area (Å²) in [5.74, 6) is -1.73. The molecule has 0 aromatic carbocycles. The van der Waals surface area contributed by atoms with Gasteiger partial charge in [0.05, 0.1) is 6.33 Å². The van der Waals surface area contributed by atoms with E-state index < -0.39 is 59.7 Å². The molecule has 2 aromatic heterocycles. The molecule has 0 amide bonds. The molecule has 0 bridgehead atoms. The standard InChI is InChI=1S/C11H19N6O12P3/c12-8-4-10(15-1-14-8)17(2-16-4)11-6(19)5(18)7(27-11)9(13)28-32(25,26)29-31(23,24)3-30(20,21)22/h1-2,5-7,9,11,18-19H,3,13H2,(H,23,24)(H,25,26)(H2,12,14,15)(H2,20,21,22)/t5-,6+,7-,9+,11+/m0/s1. The van der Waals surface area contributed by atoms with Crippen LogP contribution in [0.1, 0.15) is 6.23 Å². The third-order valence-corrected chi connectivity index (χ3v) is 9.37. The Morgan fingerprint density at radius 3 is 2.41 bits per heavy atom. The normalized spacial score (nSPS) is 29.0. The zero-order valence-electron chi connectivity index (χ0n) is 15.7. The molecule has 0 spiro atoms. The van der Waals surface area contributed by atoms with E-state index in [0.717, 1.165) is 6.33 Å². The first-order valence-electron chi connectivity index (χ1n) is 8.39. The van der Waals surface area contributed by atoms with E-state index in [2.05, 4.69) is 23.8 Å². The van der Waals surface area contributed by atoms with Crippen LogP contribution in [-0.2, 0) is 27.3 Å². The van der Waals surface area contributed by atoms with E-state index >= 15 is 0 Å². The average Bonchev–Trinajstić information content (AvgIpc) is 3.14. The Balaban J connectivity index is 1.75. The zero-order chi connectivity index (χ0) is 24.1. The second-order valence-electron chi connectivity index (χ2n) is 6.62. The molecule has 3 rings (SSSR count). The molecular weight excluding hydrogens is 501 g/mol. The summed E-state index contributed by atoms with van der Waals surface area (Å²) >= 11 is 0. The lowest BCUT2D eigenvalue weighted by Crippen LogP contribution is -2.44. The average molecular weight is 520 g/mol. The number of aromatic nitrogens is 4. The highest BCUT2D eigenvalue weighted by atomic mass is 31.3. The summed E-state index contributed by atoms with van der Waals surface area (Å²) in [6.45, 7) is 0. The molecule has 180 valence electrons. The Morgan fingerprint density at radius 1 is 1.12 bits per heavy atom. The maximum Gasteiger partial charge on any atom is 0.481 e. The first-order chi connectivity index (χ1) is 14.6. The maximum absolute atomic E-state index is 12.0. The Morgan fingerprint density at radius 2 is 1.78 bits per heavy atom. The second-order valence-corrected chi connectivity index (χ2v) is 12.2. The predicted octanol–water partition coefficient (Wildman–Crippen LogP) is -2.23. The van der Waals surface area contributed by atoms with Gasteiger partial charge in [0.1, 0.15) is 36.4 Å². The van der Waals surface area contributed by atoms with Crippen LogP contribution in [0.15, 0.2) is 12.7 Å². The first-order valence-corrected chi connectivity index (χ1v) is 13.4. The molecule has 1 fully saturated rings. The Hall–Kier alpha value is -1.36. The van der Waals surface area contributed by atoms with Crippen LogP contribution >= 0.6 is 23.0 Å². The van der Waals surface area contributed by atoms with Crippen molar-refractivity contribution in [3.63, 3.8) is 0 Å². The molecule has 3 heterocycles. The van der Waals surface area contributed by atoms with Crippen molar-refractivity contribution in [1.29, 1.82) is 0 Å². The summed E-state index contributed by atoms with van der Waals surface area (Å²) in [5, 5.41) is 20.6. The number of aliphatic hydroxyl groups is 2. The smallest absolute Gasteiger partial charge is 0.387 e. The van der Waals surface area contributed by atoms with Gasteiger partial charge in [-0.1, -0.05) is 0 Å². The monoisotopic (exact) mass is 520 g/mol. The second kappa shape index (κ2) is 8.77. The largest absolute Gasteiger partial charge is 0.481 e.